The molecule has 2 aliphatic heterocycles. The molecular formula is C21H17BrCl2F4NNaO5. The maximum atomic E-state index is 12.7. The van der Waals surface area contributed by atoms with E-state index in [1.165, 1.54) is 24.3 Å². The zero-order chi connectivity index (χ0) is 24.3. The molecule has 3 aliphatic rings. The second-order valence-corrected chi connectivity index (χ2v) is 8.85. The van der Waals surface area contributed by atoms with Crippen molar-refractivity contribution in [3.63, 3.8) is 0 Å². The second kappa shape index (κ2) is 12.9. The van der Waals surface area contributed by atoms with Gasteiger partial charge in [0.1, 0.15) is 0 Å². The van der Waals surface area contributed by atoms with Gasteiger partial charge >= 0.3 is 42.1 Å². The van der Waals surface area contributed by atoms with E-state index in [9.17, 15) is 17.6 Å². The van der Waals surface area contributed by atoms with Crippen LogP contribution in [-0.4, -0.2) is 29.3 Å². The molecule has 0 atom stereocenters. The van der Waals surface area contributed by atoms with Crippen molar-refractivity contribution in [2.75, 3.05) is 11.2 Å². The molecule has 6 nitrogen and oxygen atoms in total. The van der Waals surface area contributed by atoms with E-state index in [1.54, 1.807) is 12.1 Å². The Morgan fingerprint density at radius 1 is 0.886 bits per heavy atom. The Bertz CT molecular complexity index is 1050. The summed E-state index contributed by atoms with van der Waals surface area (Å²) in [4.78, 5) is -0.379. The van der Waals surface area contributed by atoms with Gasteiger partial charge in [-0.05, 0) is 48.2 Å². The van der Waals surface area contributed by atoms with Gasteiger partial charge in [-0.3, -0.25) is 0 Å². The van der Waals surface area contributed by atoms with Crippen molar-refractivity contribution in [3.8, 4) is 29.1 Å². The molecule has 0 aromatic heterocycles. The molecule has 0 spiro atoms. The summed E-state index contributed by atoms with van der Waals surface area (Å²) in [5.41, 5.74) is 1.43. The first-order valence-electron chi connectivity index (χ1n) is 9.48. The number of hydrogen-bond donors (Lipinski definition) is 0. The Kier molecular flexibility index (Phi) is 11.8. The third kappa shape index (κ3) is 8.74. The maximum Gasteiger partial charge on any atom is 1.00 e. The van der Waals surface area contributed by atoms with Crippen molar-refractivity contribution in [1.82, 2.24) is 0 Å². The van der Waals surface area contributed by atoms with E-state index in [2.05, 4.69) is 34.9 Å². The molecular weight excluding hydrogens is 596 g/mol. The zero-order valence-electron chi connectivity index (χ0n) is 18.2. The van der Waals surface area contributed by atoms with Crippen molar-refractivity contribution in [2.24, 2.45) is 0 Å². The molecule has 0 unspecified atom stereocenters. The summed E-state index contributed by atoms with van der Waals surface area (Å²) in [6.45, 7) is 0. The van der Waals surface area contributed by atoms with Crippen molar-refractivity contribution in [3.05, 3.63) is 47.5 Å². The zero-order valence-corrected chi connectivity index (χ0v) is 23.3. The van der Waals surface area contributed by atoms with Gasteiger partial charge in [0, 0.05) is 11.2 Å². The molecule has 0 bridgehead atoms. The molecule has 0 saturated heterocycles. The summed E-state index contributed by atoms with van der Waals surface area (Å²) in [5, 5.41) is 9.30. The van der Waals surface area contributed by atoms with E-state index in [0.29, 0.717) is 11.4 Å². The van der Waals surface area contributed by atoms with E-state index in [0.717, 1.165) is 23.7 Å². The van der Waals surface area contributed by atoms with Crippen molar-refractivity contribution < 1.29 is 71.5 Å². The largest absolute Gasteiger partial charge is 1.00 e. The van der Waals surface area contributed by atoms with Crippen LogP contribution in [0.3, 0.4) is 0 Å². The van der Waals surface area contributed by atoms with Gasteiger partial charge in [0.05, 0.1) is 17.4 Å². The van der Waals surface area contributed by atoms with Crippen LogP contribution in [0.15, 0.2) is 36.4 Å². The van der Waals surface area contributed by atoms with Crippen LogP contribution in [0.5, 0.6) is 23.0 Å². The summed E-state index contributed by atoms with van der Waals surface area (Å²) < 4.78 is 67.5. The molecule has 0 radical (unpaired) electrons. The van der Waals surface area contributed by atoms with Gasteiger partial charge in [-0.25, -0.2) is 0 Å². The van der Waals surface area contributed by atoms with Crippen molar-refractivity contribution in [2.45, 2.75) is 36.7 Å². The smallest absolute Gasteiger partial charge is 0.870 e. The summed E-state index contributed by atoms with van der Waals surface area (Å²) in [6, 6.07) is 10.9. The minimum absolute atomic E-state index is 0. The normalized spacial score (nSPS) is 17.7. The van der Waals surface area contributed by atoms with Crippen LogP contribution >= 0.6 is 39.1 Å². The van der Waals surface area contributed by atoms with Gasteiger partial charge < -0.3 is 24.4 Å². The van der Waals surface area contributed by atoms with E-state index in [-0.39, 0.29) is 69.3 Å². The summed E-state index contributed by atoms with van der Waals surface area (Å²) in [6.07, 6.45) is -5.25. The molecule has 2 heterocycles. The van der Waals surface area contributed by atoms with Crippen molar-refractivity contribution >= 4 is 39.1 Å². The predicted molar refractivity (Wildman–Crippen MR) is 118 cm³/mol. The number of rotatable bonds is 3. The average molecular weight is 613 g/mol. The Balaban J connectivity index is 0.000000291. The number of nitrogens with zero attached hydrogens (tertiary/aromatic N) is 1. The van der Waals surface area contributed by atoms with E-state index >= 15 is 0 Å². The average Bonchev–Trinajstić information content (AvgIpc) is 3.30. The number of ether oxygens (including phenoxy) is 4. The number of nitriles is 1. The van der Waals surface area contributed by atoms with Crippen LogP contribution < -0.4 is 48.5 Å². The van der Waals surface area contributed by atoms with Gasteiger partial charge in [-0.2, -0.15) is 5.26 Å². The van der Waals surface area contributed by atoms with Gasteiger partial charge in [-0.1, -0.05) is 28.1 Å². The van der Waals surface area contributed by atoms with Crippen LogP contribution in [0, 0.1) is 11.3 Å². The third-order valence-corrected chi connectivity index (χ3v) is 6.07. The minimum Gasteiger partial charge on any atom is -0.870 e. The van der Waals surface area contributed by atoms with E-state index in [1.807, 2.05) is 6.07 Å². The molecule has 1 N–H and O–H groups in total. The fourth-order valence-electron chi connectivity index (χ4n) is 2.82. The molecule has 186 valence electrons. The second-order valence-electron chi connectivity index (χ2n) is 6.96. The molecule has 1 aliphatic carbocycles. The van der Waals surface area contributed by atoms with Gasteiger partial charge in [0.25, 0.3) is 0 Å². The molecule has 5 rings (SSSR count). The Hall–Kier alpha value is -1.13. The van der Waals surface area contributed by atoms with Gasteiger partial charge in [0.2, 0.25) is 0 Å². The molecule has 2 aromatic rings. The number of halogens is 7. The van der Waals surface area contributed by atoms with Crippen LogP contribution in [0.1, 0.15) is 24.0 Å². The first kappa shape index (κ1) is 31.9. The van der Waals surface area contributed by atoms with Gasteiger partial charge in [-0.15, -0.1) is 40.8 Å². The number of alkyl halides is 7. The molecule has 1 saturated carbocycles. The fraction of sp³-hybridized carbons (Fsp3) is 0.381. The van der Waals surface area contributed by atoms with Crippen LogP contribution in [0.25, 0.3) is 0 Å². The minimum atomic E-state index is -3.59. The van der Waals surface area contributed by atoms with Crippen LogP contribution in [-0.2, 0) is 11.3 Å². The maximum absolute atomic E-state index is 12.7. The quantitative estimate of drug-likeness (QED) is 0.298. The van der Waals surface area contributed by atoms with Crippen LogP contribution in [0.2, 0.25) is 0 Å². The van der Waals surface area contributed by atoms with Crippen molar-refractivity contribution in [1.29, 1.82) is 5.26 Å². The number of benzene rings is 2. The fourth-order valence-corrected chi connectivity index (χ4v) is 3.03. The molecule has 2 aromatic carbocycles. The molecule has 14 heteroatoms. The van der Waals surface area contributed by atoms with Crippen LogP contribution in [0.4, 0.5) is 17.6 Å². The molecule has 1 fully saturated rings. The monoisotopic (exact) mass is 611 g/mol. The topological polar surface area (TPSA) is 90.7 Å². The predicted octanol–water partition coefficient (Wildman–Crippen LogP) is 3.76. The summed E-state index contributed by atoms with van der Waals surface area (Å²) in [5.74, 6) is 0.800. The first-order valence-corrected chi connectivity index (χ1v) is 11.5. The molecule has 35 heavy (non-hydrogen) atoms. The summed E-state index contributed by atoms with van der Waals surface area (Å²) >= 11 is 14.4. The van der Waals surface area contributed by atoms with Gasteiger partial charge in [0.15, 0.2) is 23.0 Å². The van der Waals surface area contributed by atoms with E-state index < -0.39 is 12.6 Å². The number of fused-ring (bicyclic) bond motifs is 2. The van der Waals surface area contributed by atoms with E-state index in [4.69, 9.17) is 28.5 Å². The first-order chi connectivity index (χ1) is 15.5. The Labute approximate surface area is 239 Å². The Morgan fingerprint density at radius 3 is 1.80 bits per heavy atom. The number of hydrogen-bond acceptors (Lipinski definition) is 6. The standard InChI is InChI=1S/C10H7ClF2O2.C9H5F2NO2.C2H4BrCl.Na.H2O/c11-9(3-4-9)6-1-2-7-8(5-6)15-10(12,13)14-7;10-9(11)13-7-2-1-6(3-4-12)5-8(7)14-9;3-1-2-4;;/h1-2,5H,3-4H2;1-2,5H,3H2;1-2H2;;1H2/q;;;+1;/p-1. The summed E-state index contributed by atoms with van der Waals surface area (Å²) in [7, 11) is 0. The molecule has 0 amide bonds. The third-order valence-electron chi connectivity index (χ3n) is 4.43. The SMILES string of the molecule is ClCCBr.FC1(F)Oc2ccc(C3(Cl)CC3)cc2O1.N#CCc1ccc2c(c1)OC(F)(F)O2.[Na+].[OH-]. The Morgan fingerprint density at radius 2 is 1.34 bits per heavy atom.